The van der Waals surface area contributed by atoms with E-state index in [4.69, 9.17) is 0 Å². The number of fused-ring (bicyclic) bond motifs is 1. The van der Waals surface area contributed by atoms with Crippen LogP contribution in [0.4, 0.5) is 4.39 Å². The maximum Gasteiger partial charge on any atom is 0.124 e. The smallest absolute Gasteiger partial charge is 0.124 e. The Balaban J connectivity index is 2.12. The van der Waals surface area contributed by atoms with E-state index in [-0.39, 0.29) is 5.82 Å². The van der Waals surface area contributed by atoms with Crippen molar-refractivity contribution in [2.24, 2.45) is 0 Å². The first kappa shape index (κ1) is 13.7. The van der Waals surface area contributed by atoms with Gasteiger partial charge in [-0.2, -0.15) is 0 Å². The fraction of sp³-hybridized carbons (Fsp3) is 0.211. The van der Waals surface area contributed by atoms with Crippen LogP contribution < -0.4 is 0 Å². The van der Waals surface area contributed by atoms with Gasteiger partial charge in [0.25, 0.3) is 0 Å². The van der Waals surface area contributed by atoms with E-state index in [9.17, 15) is 4.39 Å². The Labute approximate surface area is 124 Å². The summed E-state index contributed by atoms with van der Waals surface area (Å²) in [6, 6.07) is 15.3. The topological polar surface area (TPSA) is 12.9 Å². The largest absolute Gasteiger partial charge is 0.256 e. The van der Waals surface area contributed by atoms with E-state index in [0.717, 1.165) is 46.9 Å². The van der Waals surface area contributed by atoms with Crippen LogP contribution in [0.2, 0.25) is 0 Å². The number of aryl methyl sites for hydroxylation is 1. The summed E-state index contributed by atoms with van der Waals surface area (Å²) in [4.78, 5) is 4.47. The second-order valence-electron chi connectivity index (χ2n) is 5.33. The number of pyridine rings is 1. The van der Waals surface area contributed by atoms with E-state index in [1.165, 1.54) is 0 Å². The molecule has 0 saturated carbocycles. The van der Waals surface area contributed by atoms with Crippen LogP contribution in [0.15, 0.2) is 54.7 Å². The maximum atomic E-state index is 13.9. The van der Waals surface area contributed by atoms with Gasteiger partial charge in [-0.1, -0.05) is 37.6 Å². The van der Waals surface area contributed by atoms with E-state index < -0.39 is 0 Å². The molecule has 0 N–H and O–H groups in total. The number of hydrogen-bond acceptors (Lipinski definition) is 1. The number of unbranched alkanes of at least 4 members (excludes halogenated alkanes) is 1. The summed E-state index contributed by atoms with van der Waals surface area (Å²) < 4.78 is 13.9. The first-order valence-electron chi connectivity index (χ1n) is 7.41. The van der Waals surface area contributed by atoms with E-state index >= 15 is 0 Å². The molecule has 0 aliphatic rings. The predicted molar refractivity (Wildman–Crippen MR) is 85.7 cm³/mol. The molecule has 0 amide bonds. The van der Waals surface area contributed by atoms with Crippen LogP contribution >= 0.6 is 0 Å². The van der Waals surface area contributed by atoms with Gasteiger partial charge in [-0.3, -0.25) is 4.98 Å². The molecule has 3 rings (SSSR count). The van der Waals surface area contributed by atoms with Crippen molar-refractivity contribution < 1.29 is 4.39 Å². The summed E-state index contributed by atoms with van der Waals surface area (Å²) in [5, 5.41) is 2.19. The number of hydrogen-bond donors (Lipinski definition) is 0. The van der Waals surface area contributed by atoms with Crippen molar-refractivity contribution in [1.29, 1.82) is 0 Å². The van der Waals surface area contributed by atoms with Gasteiger partial charge >= 0.3 is 0 Å². The molecule has 0 unspecified atom stereocenters. The highest BCUT2D eigenvalue weighted by Crippen LogP contribution is 2.28. The van der Waals surface area contributed by atoms with Crippen LogP contribution in [0, 0.1) is 5.82 Å². The minimum Gasteiger partial charge on any atom is -0.256 e. The molecule has 1 heterocycles. The molecule has 21 heavy (non-hydrogen) atoms. The second kappa shape index (κ2) is 6.04. The van der Waals surface area contributed by atoms with Gasteiger partial charge in [-0.15, -0.1) is 0 Å². The van der Waals surface area contributed by atoms with E-state index in [2.05, 4.69) is 24.0 Å². The van der Waals surface area contributed by atoms with Crippen LogP contribution in [0.3, 0.4) is 0 Å². The first-order valence-corrected chi connectivity index (χ1v) is 7.41. The molecule has 3 aromatic rings. The van der Waals surface area contributed by atoms with Crippen molar-refractivity contribution in [3.63, 3.8) is 0 Å². The average Bonchev–Trinajstić information content (AvgIpc) is 2.52. The lowest BCUT2D eigenvalue weighted by Crippen LogP contribution is -1.91. The summed E-state index contributed by atoms with van der Waals surface area (Å²) in [6.45, 7) is 2.15. The Morgan fingerprint density at radius 2 is 1.90 bits per heavy atom. The highest BCUT2D eigenvalue weighted by molar-refractivity contribution is 5.94. The Morgan fingerprint density at radius 1 is 1.05 bits per heavy atom. The lowest BCUT2D eigenvalue weighted by Gasteiger charge is -2.08. The number of nitrogens with zero attached hydrogens (tertiary/aromatic N) is 1. The maximum absolute atomic E-state index is 13.9. The highest BCUT2D eigenvalue weighted by Gasteiger charge is 2.08. The molecule has 1 aromatic heterocycles. The Hall–Kier alpha value is -2.22. The third-order valence-electron chi connectivity index (χ3n) is 3.72. The van der Waals surface area contributed by atoms with Gasteiger partial charge in [-0.25, -0.2) is 4.39 Å². The van der Waals surface area contributed by atoms with E-state index in [1.807, 2.05) is 24.3 Å². The van der Waals surface area contributed by atoms with Gasteiger partial charge in [0.2, 0.25) is 0 Å². The average molecular weight is 279 g/mol. The summed E-state index contributed by atoms with van der Waals surface area (Å²) in [7, 11) is 0. The normalized spacial score (nSPS) is 11.0. The van der Waals surface area contributed by atoms with Crippen LogP contribution in [0.25, 0.3) is 22.0 Å². The van der Waals surface area contributed by atoms with Crippen molar-refractivity contribution in [2.45, 2.75) is 26.2 Å². The van der Waals surface area contributed by atoms with Crippen LogP contribution in [-0.2, 0) is 6.42 Å². The molecule has 0 radical (unpaired) electrons. The van der Waals surface area contributed by atoms with Crippen LogP contribution in [0.1, 0.15) is 25.3 Å². The minimum absolute atomic E-state index is 0.187. The van der Waals surface area contributed by atoms with Gasteiger partial charge in [-0.05, 0) is 48.1 Å². The molecular weight excluding hydrogens is 261 g/mol. The Bertz CT molecular complexity index is 759. The molecule has 0 bridgehead atoms. The zero-order valence-electron chi connectivity index (χ0n) is 12.1. The van der Waals surface area contributed by atoms with Crippen molar-refractivity contribution in [3.8, 4) is 11.3 Å². The Kier molecular flexibility index (Phi) is 3.96. The van der Waals surface area contributed by atoms with Crippen LogP contribution in [0.5, 0.6) is 0 Å². The molecule has 2 heteroatoms. The molecule has 0 aliphatic heterocycles. The van der Waals surface area contributed by atoms with Crippen molar-refractivity contribution in [2.75, 3.05) is 0 Å². The molecule has 0 fully saturated rings. The second-order valence-corrected chi connectivity index (χ2v) is 5.33. The van der Waals surface area contributed by atoms with Crippen molar-refractivity contribution in [3.05, 3.63) is 66.1 Å². The molecular formula is C19H18FN. The van der Waals surface area contributed by atoms with E-state index in [0.29, 0.717) is 0 Å². The third-order valence-corrected chi connectivity index (χ3v) is 3.72. The number of halogens is 1. The van der Waals surface area contributed by atoms with Gasteiger partial charge in [0, 0.05) is 17.1 Å². The SMILES string of the molecule is CCCCc1cc(F)cc(-c2nccc3ccccc23)c1. The number of rotatable bonds is 4. The van der Waals surface area contributed by atoms with Gasteiger partial charge in [0.15, 0.2) is 0 Å². The Morgan fingerprint density at radius 3 is 2.76 bits per heavy atom. The summed E-state index contributed by atoms with van der Waals surface area (Å²) >= 11 is 0. The summed E-state index contributed by atoms with van der Waals surface area (Å²) in [6.07, 6.45) is 4.88. The molecule has 0 saturated heterocycles. The van der Waals surface area contributed by atoms with Gasteiger partial charge in [0.1, 0.15) is 5.82 Å². The van der Waals surface area contributed by atoms with E-state index in [1.54, 1.807) is 18.3 Å². The standard InChI is InChI=1S/C19H18FN/c1-2-3-6-14-11-16(13-17(20)12-14)19-18-8-5-4-7-15(18)9-10-21-19/h4-5,7-13H,2-3,6H2,1H3. The lowest BCUT2D eigenvalue weighted by atomic mass is 10.00. The van der Waals surface area contributed by atoms with Gasteiger partial charge < -0.3 is 0 Å². The zero-order chi connectivity index (χ0) is 14.7. The summed E-state index contributed by atoms with van der Waals surface area (Å²) in [5.74, 6) is -0.187. The molecule has 106 valence electrons. The number of benzene rings is 2. The quantitative estimate of drug-likeness (QED) is 0.624. The fourth-order valence-corrected chi connectivity index (χ4v) is 2.66. The summed E-state index contributed by atoms with van der Waals surface area (Å²) in [5.41, 5.74) is 2.75. The monoisotopic (exact) mass is 279 g/mol. The zero-order valence-corrected chi connectivity index (χ0v) is 12.1. The minimum atomic E-state index is -0.187. The van der Waals surface area contributed by atoms with Crippen molar-refractivity contribution in [1.82, 2.24) is 4.98 Å². The van der Waals surface area contributed by atoms with Crippen LogP contribution in [-0.4, -0.2) is 4.98 Å². The third kappa shape index (κ3) is 2.94. The molecule has 0 atom stereocenters. The lowest BCUT2D eigenvalue weighted by molar-refractivity contribution is 0.624. The predicted octanol–water partition coefficient (Wildman–Crippen LogP) is 5.38. The van der Waals surface area contributed by atoms with Gasteiger partial charge in [0.05, 0.1) is 5.69 Å². The molecule has 2 aromatic carbocycles. The first-order chi connectivity index (χ1) is 10.3. The van der Waals surface area contributed by atoms with Crippen molar-refractivity contribution >= 4 is 10.8 Å². The molecule has 0 aliphatic carbocycles. The molecule has 0 spiro atoms. The fourth-order valence-electron chi connectivity index (χ4n) is 2.66. The highest BCUT2D eigenvalue weighted by atomic mass is 19.1. The molecule has 1 nitrogen and oxygen atoms in total. The number of aromatic nitrogens is 1.